The van der Waals surface area contributed by atoms with Crippen LogP contribution in [-0.2, 0) is 0 Å². The second kappa shape index (κ2) is 5.99. The summed E-state index contributed by atoms with van der Waals surface area (Å²) in [4.78, 5) is 23.1. The van der Waals surface area contributed by atoms with Crippen LogP contribution in [-0.4, -0.2) is 34.2 Å². The summed E-state index contributed by atoms with van der Waals surface area (Å²) in [6.45, 7) is 4.44. The molecule has 24 heavy (non-hydrogen) atoms. The zero-order chi connectivity index (χ0) is 16.5. The Hall–Kier alpha value is -2.83. The zero-order valence-corrected chi connectivity index (χ0v) is 13.5. The quantitative estimate of drug-likeness (QED) is 0.790. The zero-order valence-electron chi connectivity index (χ0n) is 13.5. The predicted octanol–water partition coefficient (Wildman–Crippen LogP) is 1.93. The number of rotatable bonds is 4. The highest BCUT2D eigenvalue weighted by molar-refractivity contribution is 5.48. The average molecular weight is 325 g/mol. The molecule has 1 atom stereocenters. The second-order valence-electron chi connectivity index (χ2n) is 6.15. The molecule has 1 N–H and O–H groups in total. The summed E-state index contributed by atoms with van der Waals surface area (Å²) in [6, 6.07) is 9.16. The van der Waals surface area contributed by atoms with E-state index in [4.69, 9.17) is 4.52 Å². The van der Waals surface area contributed by atoms with Crippen molar-refractivity contribution >= 4 is 17.3 Å². The number of anilines is 2. The molecule has 3 aromatic heterocycles. The van der Waals surface area contributed by atoms with Gasteiger partial charge in [-0.25, -0.2) is 9.97 Å². The molecule has 0 spiro atoms. The lowest BCUT2D eigenvalue weighted by atomic mass is 10.1. The van der Waals surface area contributed by atoms with Crippen molar-refractivity contribution in [2.24, 2.45) is 5.92 Å². The third-order valence-corrected chi connectivity index (χ3v) is 4.30. The first-order valence-corrected chi connectivity index (χ1v) is 8.09. The van der Waals surface area contributed by atoms with Gasteiger partial charge in [-0.1, -0.05) is 6.07 Å². The number of hydrogen-bond donors (Lipinski definition) is 1. The minimum Gasteiger partial charge on any atom is -0.375 e. The summed E-state index contributed by atoms with van der Waals surface area (Å²) in [5, 5.41) is 3.36. The molecule has 1 unspecified atom stereocenters. The minimum atomic E-state index is -0.182. The number of fused-ring (bicyclic) bond motifs is 1. The Labute approximate surface area is 138 Å². The van der Waals surface area contributed by atoms with E-state index in [0.717, 1.165) is 37.7 Å². The van der Waals surface area contributed by atoms with Crippen LogP contribution in [0.2, 0.25) is 0 Å². The first kappa shape index (κ1) is 14.7. The van der Waals surface area contributed by atoms with Crippen LogP contribution in [0.25, 0.3) is 5.65 Å². The van der Waals surface area contributed by atoms with Crippen LogP contribution in [0.5, 0.6) is 0 Å². The molecule has 7 nitrogen and oxygen atoms in total. The number of nitrogens with one attached hydrogen (secondary N) is 1. The van der Waals surface area contributed by atoms with Crippen molar-refractivity contribution in [3.63, 3.8) is 0 Å². The lowest BCUT2D eigenvalue weighted by Gasteiger charge is -2.17. The number of nitrogens with zero attached hydrogens (tertiary/aromatic N) is 4. The highest BCUT2D eigenvalue weighted by Crippen LogP contribution is 2.22. The van der Waals surface area contributed by atoms with E-state index in [9.17, 15) is 4.79 Å². The van der Waals surface area contributed by atoms with Crippen molar-refractivity contribution in [2.45, 2.75) is 13.3 Å². The summed E-state index contributed by atoms with van der Waals surface area (Å²) in [6.07, 6.45) is 2.84. The molecule has 3 aromatic rings. The number of hydrogen-bond acceptors (Lipinski definition) is 6. The molecule has 124 valence electrons. The van der Waals surface area contributed by atoms with Gasteiger partial charge in [0.25, 0.3) is 5.56 Å². The van der Waals surface area contributed by atoms with Crippen molar-refractivity contribution in [1.29, 1.82) is 0 Å². The van der Waals surface area contributed by atoms with E-state index >= 15 is 0 Å². The number of aryl methyl sites for hydroxylation is 1. The van der Waals surface area contributed by atoms with Gasteiger partial charge >= 0.3 is 0 Å². The van der Waals surface area contributed by atoms with Gasteiger partial charge in [-0.2, -0.15) is 0 Å². The van der Waals surface area contributed by atoms with E-state index in [1.54, 1.807) is 18.3 Å². The average Bonchev–Trinajstić information content (AvgIpc) is 3.20. The fourth-order valence-electron chi connectivity index (χ4n) is 3.10. The first-order valence-electron chi connectivity index (χ1n) is 8.09. The highest BCUT2D eigenvalue weighted by Gasteiger charge is 2.24. The smallest absolute Gasteiger partial charge is 0.289 e. The van der Waals surface area contributed by atoms with Crippen molar-refractivity contribution in [1.82, 2.24) is 14.5 Å². The molecule has 0 amide bonds. The molecule has 1 aliphatic rings. The fourth-order valence-corrected chi connectivity index (χ4v) is 3.10. The third-order valence-electron chi connectivity index (χ3n) is 4.30. The number of pyridine rings is 1. The van der Waals surface area contributed by atoms with E-state index in [1.165, 1.54) is 4.57 Å². The molecule has 4 heterocycles. The molecule has 1 fully saturated rings. The predicted molar refractivity (Wildman–Crippen MR) is 91.5 cm³/mol. The van der Waals surface area contributed by atoms with Crippen LogP contribution in [0.4, 0.5) is 11.6 Å². The maximum absolute atomic E-state index is 12.1. The summed E-state index contributed by atoms with van der Waals surface area (Å²) in [5.74, 6) is 2.79. The van der Waals surface area contributed by atoms with Gasteiger partial charge in [-0.15, -0.1) is 4.57 Å². The Morgan fingerprint density at radius 2 is 2.29 bits per heavy atom. The molecular formula is C17H19N5O2. The van der Waals surface area contributed by atoms with Crippen LogP contribution in [0.1, 0.15) is 12.2 Å². The van der Waals surface area contributed by atoms with E-state index in [-0.39, 0.29) is 5.56 Å². The molecule has 0 aromatic carbocycles. The number of aromatic nitrogens is 3. The molecule has 4 rings (SSSR count). The van der Waals surface area contributed by atoms with Gasteiger partial charge < -0.3 is 14.7 Å². The van der Waals surface area contributed by atoms with Gasteiger partial charge in [0.1, 0.15) is 17.4 Å². The van der Waals surface area contributed by atoms with Gasteiger partial charge in [0.2, 0.25) is 0 Å². The summed E-state index contributed by atoms with van der Waals surface area (Å²) < 4.78 is 6.56. The van der Waals surface area contributed by atoms with Crippen LogP contribution < -0.4 is 15.8 Å². The van der Waals surface area contributed by atoms with Crippen LogP contribution in [0, 0.1) is 12.8 Å². The topological polar surface area (TPSA) is 75.7 Å². The lowest BCUT2D eigenvalue weighted by molar-refractivity contribution is 0.345. The normalized spacial score (nSPS) is 17.5. The van der Waals surface area contributed by atoms with Crippen molar-refractivity contribution in [3.8, 4) is 0 Å². The fraction of sp³-hybridized carbons (Fsp3) is 0.353. The van der Waals surface area contributed by atoms with Gasteiger partial charge in [0, 0.05) is 38.0 Å². The van der Waals surface area contributed by atoms with E-state index in [2.05, 4.69) is 20.2 Å². The molecule has 0 saturated carbocycles. The first-order chi connectivity index (χ1) is 11.7. The Morgan fingerprint density at radius 3 is 3.12 bits per heavy atom. The molecule has 0 radical (unpaired) electrons. The Bertz CT molecular complexity index is 902. The van der Waals surface area contributed by atoms with Crippen LogP contribution in [0.3, 0.4) is 0 Å². The highest BCUT2D eigenvalue weighted by atomic mass is 16.5. The van der Waals surface area contributed by atoms with Crippen molar-refractivity contribution < 1.29 is 4.52 Å². The molecular weight excluding hydrogens is 306 g/mol. The molecule has 7 heteroatoms. The molecule has 1 aliphatic heterocycles. The summed E-state index contributed by atoms with van der Waals surface area (Å²) in [7, 11) is 0. The third kappa shape index (κ3) is 2.84. The van der Waals surface area contributed by atoms with Gasteiger partial charge in [-0.05, 0) is 31.4 Å². The van der Waals surface area contributed by atoms with Gasteiger partial charge in [0.15, 0.2) is 5.65 Å². The van der Waals surface area contributed by atoms with Crippen molar-refractivity contribution in [3.05, 3.63) is 52.6 Å². The van der Waals surface area contributed by atoms with Crippen LogP contribution >= 0.6 is 0 Å². The molecule has 1 saturated heterocycles. The monoisotopic (exact) mass is 325 g/mol. The Morgan fingerprint density at radius 1 is 1.38 bits per heavy atom. The summed E-state index contributed by atoms with van der Waals surface area (Å²) >= 11 is 0. The van der Waals surface area contributed by atoms with E-state index in [0.29, 0.717) is 17.3 Å². The minimum absolute atomic E-state index is 0.182. The van der Waals surface area contributed by atoms with E-state index < -0.39 is 0 Å². The summed E-state index contributed by atoms with van der Waals surface area (Å²) in [5.41, 5.74) is 0.378. The van der Waals surface area contributed by atoms with Gasteiger partial charge in [-0.3, -0.25) is 4.79 Å². The standard InChI is InChI=1S/C17H19N5O2/c1-12-8-16-20-15(9-17(23)22(16)24-12)21-7-5-13(11-21)10-19-14-4-2-3-6-18-14/h2-4,6,8-9,13H,5,7,10-11H2,1H3,(H,18,19). The molecule has 0 aliphatic carbocycles. The largest absolute Gasteiger partial charge is 0.375 e. The maximum Gasteiger partial charge on any atom is 0.289 e. The Balaban J connectivity index is 1.45. The van der Waals surface area contributed by atoms with Crippen molar-refractivity contribution in [2.75, 3.05) is 29.9 Å². The van der Waals surface area contributed by atoms with E-state index in [1.807, 2.05) is 25.1 Å². The second-order valence-corrected chi connectivity index (χ2v) is 6.15. The lowest BCUT2D eigenvalue weighted by Crippen LogP contribution is -2.25. The Kier molecular flexibility index (Phi) is 3.68. The SMILES string of the molecule is Cc1cc2nc(N3CCC(CNc4ccccn4)C3)cc(=O)n2o1. The van der Waals surface area contributed by atoms with Crippen LogP contribution in [0.15, 0.2) is 45.8 Å². The molecule has 0 bridgehead atoms. The maximum atomic E-state index is 12.1. The van der Waals surface area contributed by atoms with Gasteiger partial charge in [0.05, 0.1) is 0 Å².